The summed E-state index contributed by atoms with van der Waals surface area (Å²) in [5, 5.41) is 52.4. The van der Waals surface area contributed by atoms with Crippen molar-refractivity contribution in [1.29, 1.82) is 0 Å². The molecule has 1 aromatic carbocycles. The molecule has 5 atom stereocenters. The van der Waals surface area contributed by atoms with Crippen molar-refractivity contribution < 1.29 is 30.3 Å². The van der Waals surface area contributed by atoms with Crippen molar-refractivity contribution in [1.82, 2.24) is 34.4 Å². The van der Waals surface area contributed by atoms with E-state index in [2.05, 4.69) is 43.7 Å². The second kappa shape index (κ2) is 11.9. The van der Waals surface area contributed by atoms with Gasteiger partial charge >= 0.3 is 0 Å². The molecule has 4 aromatic rings. The van der Waals surface area contributed by atoms with Crippen molar-refractivity contribution in [3.63, 3.8) is 0 Å². The minimum atomic E-state index is -1.17. The highest BCUT2D eigenvalue weighted by Crippen LogP contribution is 2.40. The van der Waals surface area contributed by atoms with Crippen LogP contribution in [-0.2, 0) is 10.2 Å². The Hall–Kier alpha value is -3.24. The van der Waals surface area contributed by atoms with Crippen LogP contribution in [0.1, 0.15) is 63.8 Å². The molecule has 6 rings (SSSR count). The number of nitrogens with two attached hydrogens (primary N) is 1. The summed E-state index contributed by atoms with van der Waals surface area (Å²) in [6.45, 7) is 6.05. The lowest BCUT2D eigenvalue weighted by Gasteiger charge is -2.46. The number of hydrogen-bond acceptors (Lipinski definition) is 12. The number of anilines is 1. The molecule has 2 aliphatic rings. The summed E-state index contributed by atoms with van der Waals surface area (Å²) < 4.78 is 7.78. The first-order valence-electron chi connectivity index (χ1n) is 15.1. The number of ether oxygens (including phenoxy) is 1. The maximum absolute atomic E-state index is 11.0. The molecule has 0 radical (unpaired) electrons. The van der Waals surface area contributed by atoms with Crippen molar-refractivity contribution >= 4 is 28.0 Å². The number of rotatable bonds is 11. The van der Waals surface area contributed by atoms with E-state index < -0.39 is 36.1 Å². The first-order chi connectivity index (χ1) is 21.0. The molecular weight excluding hydrogens is 568 g/mol. The summed E-state index contributed by atoms with van der Waals surface area (Å²) in [5.41, 5.74) is 8.24. The Morgan fingerprint density at radius 2 is 1.89 bits per heavy atom. The van der Waals surface area contributed by atoms with Crippen LogP contribution in [0.15, 0.2) is 30.9 Å². The summed E-state index contributed by atoms with van der Waals surface area (Å²) in [6, 6.07) is 5.96. The average molecular weight is 611 g/mol. The van der Waals surface area contributed by atoms with Crippen LogP contribution in [0.25, 0.3) is 22.2 Å². The van der Waals surface area contributed by atoms with Crippen molar-refractivity contribution in [3.05, 3.63) is 42.2 Å². The number of nitrogen functional groups attached to an aromatic ring is 1. The third kappa shape index (κ3) is 5.44. The van der Waals surface area contributed by atoms with Crippen LogP contribution < -0.4 is 5.73 Å². The highest BCUT2D eigenvalue weighted by Gasteiger charge is 2.47. The zero-order valence-corrected chi connectivity index (χ0v) is 25.2. The third-order valence-electron chi connectivity index (χ3n) is 9.50. The van der Waals surface area contributed by atoms with Gasteiger partial charge in [0.2, 0.25) is 0 Å². The fraction of sp³-hybridized carbons (Fsp3) is 0.600. The smallest absolute Gasteiger partial charge is 0.167 e. The van der Waals surface area contributed by atoms with Gasteiger partial charge in [-0.3, -0.25) is 9.47 Å². The van der Waals surface area contributed by atoms with Crippen LogP contribution in [0.4, 0.5) is 5.82 Å². The fourth-order valence-corrected chi connectivity index (χ4v) is 6.54. The number of imidazole rings is 2. The summed E-state index contributed by atoms with van der Waals surface area (Å²) in [6.07, 6.45) is 0.599. The SMILES string of the molecule is CC(C)N(CC1OC(n2cnc3c(N)ncnc32)C(O)C1O)C1CC(CC(O)c2nc3ccc(C(C)(CO)CO)cc3[nH]2)C1. The lowest BCUT2D eigenvalue weighted by Crippen LogP contribution is -2.52. The Bertz CT molecular complexity index is 1600. The molecule has 1 aliphatic carbocycles. The number of aromatic amines is 1. The van der Waals surface area contributed by atoms with Gasteiger partial charge in [-0.2, -0.15) is 0 Å². The molecule has 2 fully saturated rings. The Kier molecular flexibility index (Phi) is 8.34. The quantitative estimate of drug-likeness (QED) is 0.125. The minimum absolute atomic E-state index is 0.174. The molecular formula is C30H42N8O6. The standard InChI is InChI=1S/C30H42N8O6/c1-15(2)37(10-22-24(42)25(43)29(44-22)38-14-34-23-26(31)32-13-33-28(23)38)18-6-16(7-18)8-21(41)27-35-19-5-4-17(9-20(19)36-27)30(3,11-39)12-40/h4-5,9,13-16,18,21-22,24-25,29,39-43H,6-8,10-12H2,1-3H3,(H,35,36)(H2,31,32,33). The molecule has 1 saturated heterocycles. The fourth-order valence-electron chi connectivity index (χ4n) is 6.54. The van der Waals surface area contributed by atoms with Gasteiger partial charge in [0.15, 0.2) is 17.7 Å². The molecule has 0 bridgehead atoms. The summed E-state index contributed by atoms with van der Waals surface area (Å²) in [5.74, 6) is 1.02. The van der Waals surface area contributed by atoms with Crippen LogP contribution in [0.2, 0.25) is 0 Å². The first kappa shape index (κ1) is 30.8. The zero-order valence-electron chi connectivity index (χ0n) is 25.2. The van der Waals surface area contributed by atoms with Crippen LogP contribution in [-0.4, -0.2) is 110 Å². The topological polar surface area (TPSA) is 212 Å². The van der Waals surface area contributed by atoms with E-state index in [1.165, 1.54) is 12.7 Å². The van der Waals surface area contributed by atoms with E-state index in [0.29, 0.717) is 41.4 Å². The van der Waals surface area contributed by atoms with Gasteiger partial charge in [-0.05, 0) is 56.7 Å². The van der Waals surface area contributed by atoms with E-state index in [0.717, 1.165) is 23.9 Å². The van der Waals surface area contributed by atoms with Gasteiger partial charge in [0.05, 0.1) is 30.6 Å². The lowest BCUT2D eigenvalue weighted by molar-refractivity contribution is -0.0640. The lowest BCUT2D eigenvalue weighted by atomic mass is 9.75. The summed E-state index contributed by atoms with van der Waals surface area (Å²) in [7, 11) is 0. The molecule has 14 heteroatoms. The molecule has 44 heavy (non-hydrogen) atoms. The molecule has 238 valence electrons. The van der Waals surface area contributed by atoms with Crippen LogP contribution >= 0.6 is 0 Å². The number of fused-ring (bicyclic) bond motifs is 2. The number of nitrogens with zero attached hydrogens (tertiary/aromatic N) is 6. The van der Waals surface area contributed by atoms with Crippen LogP contribution in [0.5, 0.6) is 0 Å². The largest absolute Gasteiger partial charge is 0.395 e. The summed E-state index contributed by atoms with van der Waals surface area (Å²) in [4.78, 5) is 22.6. The number of hydrogen-bond donors (Lipinski definition) is 7. The van der Waals surface area contributed by atoms with Gasteiger partial charge < -0.3 is 41.0 Å². The average Bonchev–Trinajstić information content (AvgIpc) is 3.69. The van der Waals surface area contributed by atoms with Gasteiger partial charge in [-0.15, -0.1) is 0 Å². The maximum Gasteiger partial charge on any atom is 0.167 e. The number of benzene rings is 1. The van der Waals surface area contributed by atoms with Crippen molar-refractivity contribution in [2.24, 2.45) is 5.92 Å². The molecule has 1 aliphatic heterocycles. The predicted molar refractivity (Wildman–Crippen MR) is 161 cm³/mol. The van der Waals surface area contributed by atoms with Crippen molar-refractivity contribution in [2.75, 3.05) is 25.5 Å². The van der Waals surface area contributed by atoms with E-state index >= 15 is 0 Å². The molecule has 1 saturated carbocycles. The van der Waals surface area contributed by atoms with Crippen molar-refractivity contribution in [3.8, 4) is 0 Å². The number of H-pyrrole nitrogens is 1. The monoisotopic (exact) mass is 610 g/mol. The van der Waals surface area contributed by atoms with E-state index in [1.807, 2.05) is 18.2 Å². The number of nitrogens with one attached hydrogen (secondary N) is 1. The Balaban J connectivity index is 1.07. The van der Waals surface area contributed by atoms with E-state index in [9.17, 15) is 25.5 Å². The molecule has 8 N–H and O–H groups in total. The Labute approximate surface area is 254 Å². The molecule has 4 heterocycles. The Morgan fingerprint density at radius 3 is 2.59 bits per heavy atom. The van der Waals surface area contributed by atoms with Gasteiger partial charge in [0.1, 0.15) is 42.1 Å². The van der Waals surface area contributed by atoms with Crippen LogP contribution in [0.3, 0.4) is 0 Å². The van der Waals surface area contributed by atoms with Gasteiger partial charge in [0.25, 0.3) is 0 Å². The number of aliphatic hydroxyl groups is 5. The highest BCUT2D eigenvalue weighted by atomic mass is 16.6. The summed E-state index contributed by atoms with van der Waals surface area (Å²) >= 11 is 0. The minimum Gasteiger partial charge on any atom is -0.395 e. The predicted octanol–water partition coefficient (Wildman–Crippen LogP) is 0.759. The number of aromatic nitrogens is 6. The van der Waals surface area contributed by atoms with Gasteiger partial charge in [-0.25, -0.2) is 19.9 Å². The van der Waals surface area contributed by atoms with E-state index in [1.54, 1.807) is 11.5 Å². The van der Waals surface area contributed by atoms with Gasteiger partial charge in [-0.1, -0.05) is 13.0 Å². The second-order valence-corrected chi connectivity index (χ2v) is 12.9. The van der Waals surface area contributed by atoms with E-state index in [4.69, 9.17) is 10.5 Å². The first-order valence-corrected chi connectivity index (χ1v) is 15.1. The Morgan fingerprint density at radius 1 is 1.14 bits per heavy atom. The number of aliphatic hydroxyl groups excluding tert-OH is 5. The highest BCUT2D eigenvalue weighted by molar-refractivity contribution is 5.81. The molecule has 3 aromatic heterocycles. The second-order valence-electron chi connectivity index (χ2n) is 12.9. The molecule has 0 spiro atoms. The maximum atomic E-state index is 11.0. The zero-order chi connectivity index (χ0) is 31.3. The normalized spacial score (nSPS) is 26.7. The van der Waals surface area contributed by atoms with Gasteiger partial charge in [0, 0.05) is 24.0 Å². The molecule has 5 unspecified atom stereocenters. The third-order valence-corrected chi connectivity index (χ3v) is 9.50. The van der Waals surface area contributed by atoms with E-state index in [-0.39, 0.29) is 31.1 Å². The molecule has 0 amide bonds. The van der Waals surface area contributed by atoms with Crippen molar-refractivity contribution in [2.45, 2.75) is 88.2 Å². The molecule has 14 nitrogen and oxygen atoms in total. The van der Waals surface area contributed by atoms with Crippen LogP contribution in [0, 0.1) is 5.92 Å².